The number of nitrogens with zero attached hydrogens (tertiary/aromatic N) is 1. The van der Waals surface area contributed by atoms with E-state index in [1.54, 1.807) is 0 Å². The number of hydrogen-bond acceptors (Lipinski definition) is 4. The van der Waals surface area contributed by atoms with E-state index in [-0.39, 0.29) is 12.5 Å². The predicted molar refractivity (Wildman–Crippen MR) is 72.6 cm³/mol. The molecular weight excluding hydrogens is 244 g/mol. The number of imide groups is 1. The fourth-order valence-corrected chi connectivity index (χ4v) is 2.37. The Labute approximate surface area is 111 Å². The lowest BCUT2D eigenvalue weighted by Crippen LogP contribution is -2.43. The molecule has 102 valence electrons. The number of carbonyl (C=O) groups excluding carboxylic acids is 2. The molecule has 0 atom stereocenters. The van der Waals surface area contributed by atoms with Crippen LogP contribution in [0.4, 0.5) is 10.5 Å². The molecule has 6 nitrogen and oxygen atoms in total. The molecule has 0 radical (unpaired) electrons. The molecule has 1 aromatic rings. The fraction of sp³-hybridized carbons (Fsp3) is 0.385. The molecule has 0 saturated heterocycles. The third kappa shape index (κ3) is 3.23. The highest BCUT2D eigenvalue weighted by Crippen LogP contribution is 2.27. The topological polar surface area (TPSA) is 101 Å². The van der Waals surface area contributed by atoms with Gasteiger partial charge >= 0.3 is 6.03 Å². The molecule has 1 aromatic carbocycles. The van der Waals surface area contributed by atoms with Gasteiger partial charge in [0.05, 0.1) is 6.54 Å². The van der Waals surface area contributed by atoms with Crippen LogP contribution in [0.25, 0.3) is 0 Å². The van der Waals surface area contributed by atoms with Gasteiger partial charge < -0.3 is 16.4 Å². The molecule has 3 amide bonds. The number of nitrogens with one attached hydrogen (secondary N) is 1. The third-order valence-corrected chi connectivity index (χ3v) is 3.19. The van der Waals surface area contributed by atoms with E-state index in [2.05, 4.69) is 11.4 Å². The number of anilines is 1. The summed E-state index contributed by atoms with van der Waals surface area (Å²) in [6, 6.07) is 5.20. The van der Waals surface area contributed by atoms with Crippen molar-refractivity contribution in [2.24, 2.45) is 11.5 Å². The molecule has 0 aliphatic carbocycles. The minimum absolute atomic E-state index is 0.137. The quantitative estimate of drug-likeness (QED) is 0.718. The summed E-state index contributed by atoms with van der Waals surface area (Å²) in [7, 11) is 0. The summed E-state index contributed by atoms with van der Waals surface area (Å²) in [4.78, 5) is 24.2. The Morgan fingerprint density at radius 3 is 2.84 bits per heavy atom. The highest BCUT2D eigenvalue weighted by molar-refractivity contribution is 5.95. The number of nitrogens with two attached hydrogens (primary N) is 2. The maximum atomic E-state index is 11.6. The lowest BCUT2D eigenvalue weighted by atomic mass is 9.99. The lowest BCUT2D eigenvalue weighted by Gasteiger charge is -2.30. The number of aryl methyl sites for hydroxylation is 1. The summed E-state index contributed by atoms with van der Waals surface area (Å²) in [6.45, 7) is 1.44. The van der Waals surface area contributed by atoms with E-state index in [1.807, 2.05) is 17.0 Å². The number of rotatable bonds is 3. The molecule has 0 aromatic heterocycles. The van der Waals surface area contributed by atoms with Crippen LogP contribution in [-0.2, 0) is 17.8 Å². The smallest absolute Gasteiger partial charge is 0.318 e. The van der Waals surface area contributed by atoms with Crippen LogP contribution >= 0.6 is 0 Å². The summed E-state index contributed by atoms with van der Waals surface area (Å²) in [5, 5.41) is 2.08. The van der Waals surface area contributed by atoms with Crippen LogP contribution < -0.4 is 21.7 Å². The van der Waals surface area contributed by atoms with Gasteiger partial charge in [0.2, 0.25) is 5.91 Å². The zero-order valence-electron chi connectivity index (χ0n) is 10.7. The number of amides is 3. The number of urea groups is 1. The van der Waals surface area contributed by atoms with E-state index < -0.39 is 6.03 Å². The van der Waals surface area contributed by atoms with E-state index >= 15 is 0 Å². The van der Waals surface area contributed by atoms with Gasteiger partial charge in [0.15, 0.2) is 0 Å². The minimum atomic E-state index is -0.819. The first-order chi connectivity index (χ1) is 9.10. The van der Waals surface area contributed by atoms with Crippen LogP contribution in [0.1, 0.15) is 17.5 Å². The largest absolute Gasteiger partial charge is 0.362 e. The molecule has 1 aliphatic rings. The molecule has 5 N–H and O–H groups in total. The molecule has 1 heterocycles. The van der Waals surface area contributed by atoms with Crippen LogP contribution in [0, 0.1) is 0 Å². The predicted octanol–water partition coefficient (Wildman–Crippen LogP) is 0.0928. The third-order valence-electron chi connectivity index (χ3n) is 3.19. The molecular formula is C13H18N4O2. The SMILES string of the molecule is NCc1ccc2c(c1)CCCN2CC(=O)NC(N)=O. The van der Waals surface area contributed by atoms with Gasteiger partial charge in [0.1, 0.15) is 0 Å². The highest BCUT2D eigenvalue weighted by Gasteiger charge is 2.19. The van der Waals surface area contributed by atoms with Crippen molar-refractivity contribution in [3.05, 3.63) is 29.3 Å². The van der Waals surface area contributed by atoms with Gasteiger partial charge in [-0.25, -0.2) is 4.79 Å². The Hall–Kier alpha value is -2.08. The van der Waals surface area contributed by atoms with Gasteiger partial charge in [-0.05, 0) is 30.0 Å². The second-order valence-electron chi connectivity index (χ2n) is 4.60. The van der Waals surface area contributed by atoms with Crippen molar-refractivity contribution >= 4 is 17.6 Å². The summed E-state index contributed by atoms with van der Waals surface area (Å²) in [6.07, 6.45) is 1.96. The van der Waals surface area contributed by atoms with Gasteiger partial charge in [0.25, 0.3) is 0 Å². The average molecular weight is 262 g/mol. The van der Waals surface area contributed by atoms with Crippen LogP contribution in [0.2, 0.25) is 0 Å². The Morgan fingerprint density at radius 1 is 1.37 bits per heavy atom. The van der Waals surface area contributed by atoms with E-state index in [0.29, 0.717) is 6.54 Å². The maximum Gasteiger partial charge on any atom is 0.318 e. The van der Waals surface area contributed by atoms with Gasteiger partial charge in [-0.15, -0.1) is 0 Å². The highest BCUT2D eigenvalue weighted by atomic mass is 16.2. The molecule has 0 unspecified atom stereocenters. The minimum Gasteiger partial charge on any atom is -0.362 e. The Kier molecular flexibility index (Phi) is 4.01. The van der Waals surface area contributed by atoms with Crippen LogP contribution in [0.3, 0.4) is 0 Å². The van der Waals surface area contributed by atoms with Gasteiger partial charge in [-0.2, -0.15) is 0 Å². The van der Waals surface area contributed by atoms with Crippen molar-refractivity contribution in [3.8, 4) is 0 Å². The van der Waals surface area contributed by atoms with Crippen molar-refractivity contribution < 1.29 is 9.59 Å². The summed E-state index contributed by atoms with van der Waals surface area (Å²) in [5.74, 6) is -0.386. The second-order valence-corrected chi connectivity index (χ2v) is 4.60. The second kappa shape index (κ2) is 5.71. The zero-order chi connectivity index (χ0) is 13.8. The fourth-order valence-electron chi connectivity index (χ4n) is 2.37. The van der Waals surface area contributed by atoms with E-state index in [4.69, 9.17) is 11.5 Å². The molecule has 0 bridgehead atoms. The molecule has 0 fully saturated rings. The molecule has 2 rings (SSSR count). The normalized spacial score (nSPS) is 13.8. The Bertz CT molecular complexity index is 501. The van der Waals surface area contributed by atoms with Crippen molar-refractivity contribution in [2.45, 2.75) is 19.4 Å². The molecule has 6 heteroatoms. The van der Waals surface area contributed by atoms with Crippen molar-refractivity contribution in [1.82, 2.24) is 5.32 Å². The number of hydrogen-bond donors (Lipinski definition) is 3. The molecule has 19 heavy (non-hydrogen) atoms. The first-order valence-electron chi connectivity index (χ1n) is 6.26. The van der Waals surface area contributed by atoms with Gasteiger partial charge in [-0.1, -0.05) is 12.1 Å². The molecule has 1 aliphatic heterocycles. The van der Waals surface area contributed by atoms with Crippen molar-refractivity contribution in [1.29, 1.82) is 0 Å². The number of carbonyl (C=O) groups is 2. The van der Waals surface area contributed by atoms with E-state index in [1.165, 1.54) is 5.56 Å². The average Bonchev–Trinajstić information content (AvgIpc) is 2.37. The van der Waals surface area contributed by atoms with Crippen molar-refractivity contribution in [3.63, 3.8) is 0 Å². The number of fused-ring (bicyclic) bond motifs is 1. The van der Waals surface area contributed by atoms with Gasteiger partial charge in [-0.3, -0.25) is 10.1 Å². The number of benzene rings is 1. The van der Waals surface area contributed by atoms with Crippen molar-refractivity contribution in [2.75, 3.05) is 18.0 Å². The number of primary amides is 1. The lowest BCUT2D eigenvalue weighted by molar-refractivity contribution is -0.118. The molecule has 0 saturated carbocycles. The summed E-state index contributed by atoms with van der Waals surface area (Å²) < 4.78 is 0. The van der Waals surface area contributed by atoms with Gasteiger partial charge in [0, 0.05) is 18.8 Å². The standard InChI is InChI=1S/C13H18N4O2/c14-7-9-3-4-11-10(6-9)2-1-5-17(11)8-12(18)16-13(15)19/h3-4,6H,1-2,5,7-8,14H2,(H3,15,16,18,19). The Balaban J connectivity index is 2.13. The first-order valence-corrected chi connectivity index (χ1v) is 6.26. The van der Waals surface area contributed by atoms with Crippen LogP contribution in [-0.4, -0.2) is 25.0 Å². The van der Waals surface area contributed by atoms with E-state index in [0.717, 1.165) is 30.6 Å². The molecule has 0 spiro atoms. The van der Waals surface area contributed by atoms with E-state index in [9.17, 15) is 9.59 Å². The summed E-state index contributed by atoms with van der Waals surface area (Å²) in [5.41, 5.74) is 13.9. The van der Waals surface area contributed by atoms with Crippen LogP contribution in [0.15, 0.2) is 18.2 Å². The Morgan fingerprint density at radius 2 is 2.16 bits per heavy atom. The summed E-state index contributed by atoms with van der Waals surface area (Å²) >= 11 is 0. The zero-order valence-corrected chi connectivity index (χ0v) is 10.7. The monoisotopic (exact) mass is 262 g/mol. The first kappa shape index (κ1) is 13.4. The van der Waals surface area contributed by atoms with Crippen LogP contribution in [0.5, 0.6) is 0 Å². The maximum absolute atomic E-state index is 11.6.